The predicted molar refractivity (Wildman–Crippen MR) is 73.1 cm³/mol. The lowest BCUT2D eigenvalue weighted by atomic mass is 10.1. The van der Waals surface area contributed by atoms with Crippen LogP contribution < -0.4 is 16.6 Å². The lowest BCUT2D eigenvalue weighted by molar-refractivity contribution is -0.384. The van der Waals surface area contributed by atoms with E-state index >= 15 is 0 Å². The summed E-state index contributed by atoms with van der Waals surface area (Å²) in [6, 6.07) is 4.11. The number of hydrogen-bond acceptors (Lipinski definition) is 7. The van der Waals surface area contributed by atoms with E-state index in [1.807, 2.05) is 0 Å². The number of nitro groups is 1. The van der Waals surface area contributed by atoms with Gasteiger partial charge in [0.05, 0.1) is 17.0 Å². The summed E-state index contributed by atoms with van der Waals surface area (Å²) in [4.78, 5) is 22.4. The van der Waals surface area contributed by atoms with Gasteiger partial charge in [-0.2, -0.15) is 0 Å². The Balaban J connectivity index is 2.21. The van der Waals surface area contributed by atoms with Gasteiger partial charge in [-0.1, -0.05) is 6.07 Å². The van der Waals surface area contributed by atoms with Gasteiger partial charge in [-0.3, -0.25) is 20.8 Å². The second-order valence-corrected chi connectivity index (χ2v) is 4.14. The van der Waals surface area contributed by atoms with Gasteiger partial charge >= 0.3 is 0 Å². The third-order valence-corrected chi connectivity index (χ3v) is 2.84. The minimum absolute atomic E-state index is 0.0436. The van der Waals surface area contributed by atoms with Gasteiger partial charge in [0.15, 0.2) is 5.82 Å². The Kier molecular flexibility index (Phi) is 4.09. The molecule has 0 saturated carbocycles. The van der Waals surface area contributed by atoms with E-state index in [1.165, 1.54) is 24.5 Å². The zero-order valence-electron chi connectivity index (χ0n) is 11.1. The van der Waals surface area contributed by atoms with Crippen molar-refractivity contribution in [1.82, 2.24) is 20.1 Å². The summed E-state index contributed by atoms with van der Waals surface area (Å²) >= 11 is 0. The van der Waals surface area contributed by atoms with Crippen LogP contribution in [0.1, 0.15) is 16.2 Å². The van der Waals surface area contributed by atoms with Gasteiger partial charge in [0.25, 0.3) is 11.6 Å². The number of nitro benzene ring substituents is 1. The standard InChI is InChI=1S/C11H13N7O3/c1-17-6-14-16-9(17)5-13-11(19)7-3-2-4-8(18(20)21)10(7)15-12/h2-4,6,15H,5,12H2,1H3,(H,13,19). The number of aryl methyl sites for hydroxylation is 1. The van der Waals surface area contributed by atoms with Crippen LogP contribution in [0.25, 0.3) is 0 Å². The van der Waals surface area contributed by atoms with E-state index < -0.39 is 10.8 Å². The summed E-state index contributed by atoms with van der Waals surface area (Å²) in [6.07, 6.45) is 1.50. The summed E-state index contributed by atoms with van der Waals surface area (Å²) in [6.45, 7) is 0.141. The fraction of sp³-hybridized carbons (Fsp3) is 0.182. The third kappa shape index (κ3) is 2.95. The maximum atomic E-state index is 12.1. The van der Waals surface area contributed by atoms with E-state index in [9.17, 15) is 14.9 Å². The molecule has 10 heteroatoms. The molecule has 0 spiro atoms. The highest BCUT2D eigenvalue weighted by molar-refractivity contribution is 6.01. The van der Waals surface area contributed by atoms with Crippen LogP contribution in [0.3, 0.4) is 0 Å². The lowest BCUT2D eigenvalue weighted by Crippen LogP contribution is -2.26. The average molecular weight is 291 g/mol. The molecule has 0 bridgehead atoms. The van der Waals surface area contributed by atoms with Crippen molar-refractivity contribution in [3.8, 4) is 0 Å². The number of amides is 1. The van der Waals surface area contributed by atoms with Crippen LogP contribution >= 0.6 is 0 Å². The third-order valence-electron chi connectivity index (χ3n) is 2.84. The Labute approximate surface area is 119 Å². The molecule has 110 valence electrons. The predicted octanol–water partition coefficient (Wildman–Crippen LogP) is -0.0611. The molecule has 10 nitrogen and oxygen atoms in total. The maximum absolute atomic E-state index is 12.1. The number of nitrogens with two attached hydrogens (primary N) is 1. The number of hydrogen-bond donors (Lipinski definition) is 3. The van der Waals surface area contributed by atoms with Crippen LogP contribution in [0.5, 0.6) is 0 Å². The van der Waals surface area contributed by atoms with Crippen LogP contribution in [0, 0.1) is 10.1 Å². The Hall–Kier alpha value is -3.01. The summed E-state index contributed by atoms with van der Waals surface area (Å²) < 4.78 is 1.65. The first kappa shape index (κ1) is 14.4. The minimum atomic E-state index is -0.616. The largest absolute Gasteiger partial charge is 0.345 e. The van der Waals surface area contributed by atoms with Crippen molar-refractivity contribution in [2.24, 2.45) is 12.9 Å². The number of para-hydroxylation sites is 1. The van der Waals surface area contributed by atoms with Gasteiger partial charge in [0, 0.05) is 13.1 Å². The molecule has 1 aromatic carbocycles. The number of hydrazine groups is 1. The second-order valence-electron chi connectivity index (χ2n) is 4.14. The van der Waals surface area contributed by atoms with Crippen LogP contribution in [-0.4, -0.2) is 25.6 Å². The quantitative estimate of drug-likeness (QED) is 0.398. The zero-order valence-corrected chi connectivity index (χ0v) is 11.1. The van der Waals surface area contributed by atoms with Crippen molar-refractivity contribution in [3.05, 3.63) is 46.0 Å². The molecule has 0 atom stereocenters. The van der Waals surface area contributed by atoms with E-state index in [-0.39, 0.29) is 23.5 Å². The Morgan fingerprint density at radius 2 is 2.29 bits per heavy atom. The first-order valence-electron chi connectivity index (χ1n) is 5.89. The highest BCUT2D eigenvalue weighted by Gasteiger charge is 2.20. The molecule has 0 aliphatic rings. The minimum Gasteiger partial charge on any atom is -0.345 e. The number of carbonyl (C=O) groups is 1. The van der Waals surface area contributed by atoms with E-state index in [2.05, 4.69) is 20.9 Å². The number of anilines is 1. The molecule has 1 aromatic heterocycles. The Morgan fingerprint density at radius 3 is 2.86 bits per heavy atom. The van der Waals surface area contributed by atoms with E-state index in [4.69, 9.17) is 5.84 Å². The molecule has 0 aliphatic carbocycles. The smallest absolute Gasteiger partial charge is 0.294 e. The van der Waals surface area contributed by atoms with Crippen molar-refractivity contribution in [2.75, 3.05) is 5.43 Å². The lowest BCUT2D eigenvalue weighted by Gasteiger charge is -2.09. The van der Waals surface area contributed by atoms with Crippen molar-refractivity contribution in [1.29, 1.82) is 0 Å². The SMILES string of the molecule is Cn1cnnc1CNC(=O)c1cccc([N+](=O)[O-])c1NN. The van der Waals surface area contributed by atoms with Crippen molar-refractivity contribution >= 4 is 17.3 Å². The van der Waals surface area contributed by atoms with E-state index in [0.29, 0.717) is 5.82 Å². The van der Waals surface area contributed by atoms with Gasteiger partial charge < -0.3 is 15.3 Å². The summed E-state index contributed by atoms with van der Waals surface area (Å²) in [7, 11) is 1.74. The van der Waals surface area contributed by atoms with Crippen molar-refractivity contribution in [3.63, 3.8) is 0 Å². The van der Waals surface area contributed by atoms with Crippen LogP contribution in [0.2, 0.25) is 0 Å². The van der Waals surface area contributed by atoms with Crippen LogP contribution in [0.15, 0.2) is 24.5 Å². The fourth-order valence-electron chi connectivity index (χ4n) is 1.75. The highest BCUT2D eigenvalue weighted by Crippen LogP contribution is 2.27. The topological polar surface area (TPSA) is 141 Å². The van der Waals surface area contributed by atoms with Gasteiger partial charge in [-0.25, -0.2) is 0 Å². The molecule has 0 fully saturated rings. The molecule has 0 saturated heterocycles. The maximum Gasteiger partial charge on any atom is 0.294 e. The molecule has 0 aliphatic heterocycles. The molecule has 21 heavy (non-hydrogen) atoms. The van der Waals surface area contributed by atoms with E-state index in [1.54, 1.807) is 11.6 Å². The number of carbonyl (C=O) groups excluding carboxylic acids is 1. The number of aromatic nitrogens is 3. The number of nitrogens with zero attached hydrogens (tertiary/aromatic N) is 4. The molecule has 2 rings (SSSR count). The van der Waals surface area contributed by atoms with Gasteiger partial charge in [0.2, 0.25) is 0 Å². The Morgan fingerprint density at radius 1 is 1.52 bits per heavy atom. The normalized spacial score (nSPS) is 10.2. The Bertz CT molecular complexity index is 682. The molecule has 1 amide bonds. The number of nitrogen functional groups attached to an aromatic ring is 1. The molecule has 1 heterocycles. The molecular weight excluding hydrogens is 278 g/mol. The highest BCUT2D eigenvalue weighted by atomic mass is 16.6. The molecule has 4 N–H and O–H groups in total. The fourth-order valence-corrected chi connectivity index (χ4v) is 1.75. The number of nitrogens with one attached hydrogen (secondary N) is 2. The van der Waals surface area contributed by atoms with E-state index in [0.717, 1.165) is 0 Å². The van der Waals surface area contributed by atoms with Gasteiger partial charge in [0.1, 0.15) is 12.0 Å². The zero-order chi connectivity index (χ0) is 15.4. The molecular formula is C11H13N7O3. The number of benzene rings is 1. The van der Waals surface area contributed by atoms with Gasteiger partial charge in [-0.05, 0) is 6.07 Å². The first-order valence-corrected chi connectivity index (χ1v) is 5.89. The summed E-state index contributed by atoms with van der Waals surface area (Å²) in [5.74, 6) is 5.33. The molecule has 2 aromatic rings. The van der Waals surface area contributed by atoms with Gasteiger partial charge in [-0.15, -0.1) is 10.2 Å². The van der Waals surface area contributed by atoms with Crippen LogP contribution in [0.4, 0.5) is 11.4 Å². The second kappa shape index (κ2) is 5.96. The molecule has 0 unspecified atom stereocenters. The first-order chi connectivity index (χ1) is 10.0. The molecule has 0 radical (unpaired) electrons. The number of rotatable bonds is 5. The summed E-state index contributed by atoms with van der Waals surface area (Å²) in [5, 5.41) is 21.0. The summed E-state index contributed by atoms with van der Waals surface area (Å²) in [5.41, 5.74) is 1.96. The monoisotopic (exact) mass is 291 g/mol. The van der Waals surface area contributed by atoms with Crippen molar-refractivity contribution < 1.29 is 9.72 Å². The van der Waals surface area contributed by atoms with Crippen LogP contribution in [-0.2, 0) is 13.6 Å². The average Bonchev–Trinajstić information content (AvgIpc) is 2.89. The van der Waals surface area contributed by atoms with Crippen molar-refractivity contribution in [2.45, 2.75) is 6.54 Å².